The van der Waals surface area contributed by atoms with E-state index in [0.29, 0.717) is 17.5 Å². The summed E-state index contributed by atoms with van der Waals surface area (Å²) in [5.74, 6) is 2.02. The highest BCUT2D eigenvalue weighted by Gasteiger charge is 2.22. The molecule has 0 atom stereocenters. The first-order valence-electron chi connectivity index (χ1n) is 19.0. The van der Waals surface area contributed by atoms with Gasteiger partial charge in [0.1, 0.15) is 0 Å². The molecule has 3 nitrogen and oxygen atoms in total. The van der Waals surface area contributed by atoms with Crippen molar-refractivity contribution in [2.24, 2.45) is 0 Å². The van der Waals surface area contributed by atoms with Crippen LogP contribution in [-0.4, -0.2) is 15.0 Å². The van der Waals surface area contributed by atoms with Gasteiger partial charge in [0.15, 0.2) is 17.5 Å². The van der Waals surface area contributed by atoms with Gasteiger partial charge < -0.3 is 0 Å². The van der Waals surface area contributed by atoms with Crippen LogP contribution in [0.5, 0.6) is 0 Å². The summed E-state index contributed by atoms with van der Waals surface area (Å²) in [6.45, 7) is 0. The molecule has 0 amide bonds. The third-order valence-electron chi connectivity index (χ3n) is 10.9. The van der Waals surface area contributed by atoms with E-state index in [4.69, 9.17) is 15.0 Å². The summed E-state index contributed by atoms with van der Waals surface area (Å²) in [5, 5.41) is 3.83. The number of hydrogen-bond acceptors (Lipinski definition) is 5. The maximum atomic E-state index is 5.23. The number of allylic oxidation sites excluding steroid dienone is 1. The van der Waals surface area contributed by atoms with Crippen molar-refractivity contribution in [3.63, 3.8) is 0 Å². The lowest BCUT2D eigenvalue weighted by atomic mass is 9.90. The molecule has 1 aliphatic carbocycles. The van der Waals surface area contributed by atoms with Crippen LogP contribution in [0.4, 0.5) is 0 Å². The van der Waals surface area contributed by atoms with E-state index in [9.17, 15) is 0 Å². The summed E-state index contributed by atoms with van der Waals surface area (Å²) in [5.41, 5.74) is 11.7. The highest BCUT2D eigenvalue weighted by molar-refractivity contribution is 7.25. The van der Waals surface area contributed by atoms with Crippen molar-refractivity contribution in [3.8, 4) is 56.4 Å². The first-order valence-corrected chi connectivity index (χ1v) is 20.6. The highest BCUT2D eigenvalue weighted by Crippen LogP contribution is 2.44. The van der Waals surface area contributed by atoms with Crippen molar-refractivity contribution in [3.05, 3.63) is 186 Å². The molecule has 3 heterocycles. The number of aromatic nitrogens is 3. The molecule has 0 saturated carbocycles. The summed E-state index contributed by atoms with van der Waals surface area (Å²) in [6.07, 6.45) is 4.44. The maximum Gasteiger partial charge on any atom is 0.164 e. The average Bonchev–Trinajstić information content (AvgIpc) is 3.85. The molecule has 0 saturated heterocycles. The lowest BCUT2D eigenvalue weighted by Gasteiger charge is -2.15. The van der Waals surface area contributed by atoms with Gasteiger partial charge in [-0.3, -0.25) is 0 Å². The Bertz CT molecular complexity index is 3100. The van der Waals surface area contributed by atoms with E-state index in [2.05, 4.69) is 158 Å². The second kappa shape index (κ2) is 13.6. The van der Waals surface area contributed by atoms with Crippen molar-refractivity contribution in [2.45, 2.75) is 12.8 Å². The van der Waals surface area contributed by atoms with Crippen molar-refractivity contribution in [1.29, 1.82) is 0 Å². The molecule has 10 aromatic rings. The van der Waals surface area contributed by atoms with E-state index in [1.165, 1.54) is 68.5 Å². The molecule has 0 N–H and O–H groups in total. The van der Waals surface area contributed by atoms with Crippen LogP contribution in [0.15, 0.2) is 170 Å². The van der Waals surface area contributed by atoms with Crippen molar-refractivity contribution in [2.75, 3.05) is 0 Å². The van der Waals surface area contributed by atoms with Gasteiger partial charge in [-0.05, 0) is 82.1 Å². The van der Waals surface area contributed by atoms with Crippen LogP contribution in [0.25, 0.3) is 98.3 Å². The van der Waals surface area contributed by atoms with Gasteiger partial charge in [-0.15, -0.1) is 22.7 Å². The van der Waals surface area contributed by atoms with E-state index in [-0.39, 0.29) is 0 Å². The van der Waals surface area contributed by atoms with Gasteiger partial charge >= 0.3 is 0 Å². The summed E-state index contributed by atoms with van der Waals surface area (Å²) < 4.78 is 3.88. The van der Waals surface area contributed by atoms with Crippen LogP contribution in [-0.2, 0) is 6.42 Å². The Kier molecular flexibility index (Phi) is 8.01. The zero-order valence-corrected chi connectivity index (χ0v) is 31.9. The molecular formula is C51H33N3S2. The number of nitrogens with zero attached hydrogens (tertiary/aromatic N) is 3. The van der Waals surface area contributed by atoms with E-state index in [0.717, 1.165) is 35.1 Å². The Morgan fingerprint density at radius 2 is 0.929 bits per heavy atom. The largest absolute Gasteiger partial charge is 0.208 e. The lowest BCUT2D eigenvalue weighted by Crippen LogP contribution is -2.01. The minimum absolute atomic E-state index is 0.663. The summed E-state index contributed by atoms with van der Waals surface area (Å²) in [6, 6.07) is 60.5. The molecule has 0 spiro atoms. The molecule has 3 aromatic heterocycles. The minimum Gasteiger partial charge on any atom is -0.208 e. The predicted octanol–water partition coefficient (Wildman–Crippen LogP) is 14.3. The Hall–Kier alpha value is -6.53. The molecule has 0 aliphatic heterocycles. The van der Waals surface area contributed by atoms with Crippen LogP contribution in [0, 0.1) is 0 Å². The third kappa shape index (κ3) is 5.84. The van der Waals surface area contributed by atoms with Crippen molar-refractivity contribution >= 4 is 64.6 Å². The van der Waals surface area contributed by atoms with Gasteiger partial charge in [0.2, 0.25) is 0 Å². The van der Waals surface area contributed by atoms with Gasteiger partial charge in [-0.2, -0.15) is 0 Å². The van der Waals surface area contributed by atoms with Crippen molar-refractivity contribution < 1.29 is 0 Å². The summed E-state index contributed by atoms with van der Waals surface area (Å²) in [4.78, 5) is 16.9. The smallest absolute Gasteiger partial charge is 0.164 e. The SMILES string of the molecule is C1=C(c2ccc(-c3ccccc3)cc2)CCc2sc3cccc(-c4nc(-c5ccccc5)nc(-c5ccc(-c6ccc7sc8ccccc8c7c6)cc5)n4)c3c21. The number of aryl methyl sites for hydroxylation is 1. The van der Waals surface area contributed by atoms with Crippen molar-refractivity contribution in [1.82, 2.24) is 15.0 Å². The molecular weight excluding hydrogens is 719 g/mol. The van der Waals surface area contributed by atoms with E-state index < -0.39 is 0 Å². The summed E-state index contributed by atoms with van der Waals surface area (Å²) in [7, 11) is 0. The van der Waals surface area contributed by atoms with Gasteiger partial charge in [0.25, 0.3) is 0 Å². The predicted molar refractivity (Wildman–Crippen MR) is 238 cm³/mol. The molecule has 1 aliphatic rings. The quantitative estimate of drug-likeness (QED) is 0.170. The van der Waals surface area contributed by atoms with Crippen LogP contribution in [0.2, 0.25) is 0 Å². The second-order valence-electron chi connectivity index (χ2n) is 14.3. The Balaban J connectivity index is 0.996. The fraction of sp³-hybridized carbons (Fsp3) is 0.0392. The molecule has 0 radical (unpaired) electrons. The zero-order valence-electron chi connectivity index (χ0n) is 30.3. The van der Waals surface area contributed by atoms with Crippen LogP contribution in [0.1, 0.15) is 22.4 Å². The monoisotopic (exact) mass is 751 g/mol. The molecule has 264 valence electrons. The van der Waals surface area contributed by atoms with Gasteiger partial charge in [0, 0.05) is 51.8 Å². The van der Waals surface area contributed by atoms with Crippen LogP contribution in [0.3, 0.4) is 0 Å². The highest BCUT2D eigenvalue weighted by atomic mass is 32.1. The average molecular weight is 752 g/mol. The Morgan fingerprint density at radius 3 is 1.70 bits per heavy atom. The molecule has 5 heteroatoms. The first-order chi connectivity index (χ1) is 27.7. The number of fused-ring (bicyclic) bond motifs is 6. The fourth-order valence-corrected chi connectivity index (χ4v) is 10.3. The minimum atomic E-state index is 0.663. The molecule has 0 unspecified atom stereocenters. The molecule has 0 bridgehead atoms. The number of rotatable bonds is 6. The van der Waals surface area contributed by atoms with Gasteiger partial charge in [-0.25, -0.2) is 15.0 Å². The number of benzene rings is 7. The number of thiophene rings is 2. The second-order valence-corrected chi connectivity index (χ2v) is 16.5. The Labute approximate surface area is 333 Å². The third-order valence-corrected chi connectivity index (χ3v) is 13.3. The topological polar surface area (TPSA) is 38.7 Å². The molecule has 7 aromatic carbocycles. The van der Waals surface area contributed by atoms with E-state index in [1.807, 2.05) is 40.9 Å². The molecule has 0 fully saturated rings. The summed E-state index contributed by atoms with van der Waals surface area (Å²) >= 11 is 3.74. The lowest BCUT2D eigenvalue weighted by molar-refractivity contribution is 1.03. The standard InChI is InChI=1S/C51H33N3S2/c1-3-10-32(11-4-1)33-18-20-34(21-19-33)39-27-29-46-43(31-39)48-41(15-9-17-47(48)56-46)51-53-49(36-12-5-2-6-13-36)52-50(54-51)37-24-22-35(23-25-37)38-26-28-45-42(30-38)40-14-7-8-16-44(40)55-45/h1-26,28,30-31H,27,29H2. The van der Waals surface area contributed by atoms with Gasteiger partial charge in [0.05, 0.1) is 0 Å². The molecule has 11 rings (SSSR count). The van der Waals surface area contributed by atoms with Gasteiger partial charge in [-0.1, -0.05) is 146 Å². The van der Waals surface area contributed by atoms with Crippen LogP contribution < -0.4 is 0 Å². The Morgan fingerprint density at radius 1 is 0.375 bits per heavy atom. The van der Waals surface area contributed by atoms with E-state index >= 15 is 0 Å². The maximum absolute atomic E-state index is 5.23. The zero-order chi connectivity index (χ0) is 37.0. The number of hydrogen-bond donors (Lipinski definition) is 0. The first kappa shape index (κ1) is 32.9. The fourth-order valence-electron chi connectivity index (χ4n) is 8.03. The van der Waals surface area contributed by atoms with E-state index in [1.54, 1.807) is 0 Å². The normalized spacial score (nSPS) is 12.6. The van der Waals surface area contributed by atoms with Crippen LogP contribution >= 0.6 is 22.7 Å². The molecule has 56 heavy (non-hydrogen) atoms.